The maximum atomic E-state index is 13.8. The van der Waals surface area contributed by atoms with Crippen LogP contribution in [0.5, 0.6) is 0 Å². The van der Waals surface area contributed by atoms with Crippen LogP contribution in [0.2, 0.25) is 0 Å². The summed E-state index contributed by atoms with van der Waals surface area (Å²) in [6.45, 7) is 13.4. The summed E-state index contributed by atoms with van der Waals surface area (Å²) in [4.78, 5) is 62.8. The summed E-state index contributed by atoms with van der Waals surface area (Å²) in [6, 6.07) is 0. The molecule has 0 amide bonds. The van der Waals surface area contributed by atoms with E-state index in [0.29, 0.717) is 22.9 Å². The van der Waals surface area contributed by atoms with Gasteiger partial charge in [0.05, 0.1) is 17.5 Å². The third kappa shape index (κ3) is 39.7. The molecular formula is C52H115O9P5S5. The van der Waals surface area contributed by atoms with Crippen molar-refractivity contribution in [2.45, 2.75) is 187 Å². The maximum absolute atomic E-state index is 13.8. The number of hydrogen-bond acceptors (Lipinski definition) is 8. The van der Waals surface area contributed by atoms with Crippen molar-refractivity contribution in [2.75, 3.05) is 118 Å². The standard InChI is InChI=1S/C52H115O9P5S5/c1-15-17-19-21-23-25-27-29-31-33-35-37-50(54)59-41-49(61-52(56)38-36-34-32-30-28-26-24-22-20-18-16-2)42-60-51(55)40-39-48(53)43-71(12,13,14)65(6)69(10)46-63(4)67(8)44-62(3)68(9)45-64(5)70(11)47-66(7,57)58/h49,67-71H,15-47H2,1-14H3,(H,57,58)/t49-,62?,63?,64?,65?/m0/s1/i67T,68T,69T,70T,71T. The van der Waals surface area contributed by atoms with Crippen molar-refractivity contribution >= 4 is 109 Å². The van der Waals surface area contributed by atoms with E-state index in [4.69, 9.17) is 15.3 Å². The summed E-state index contributed by atoms with van der Waals surface area (Å²) in [5.41, 5.74) is 1.66. The normalized spacial score (nSPS) is 22.4. The minimum Gasteiger partial charge on any atom is -0.462 e. The summed E-state index contributed by atoms with van der Waals surface area (Å²) in [7, 11) is -18.3. The first-order valence-corrected chi connectivity index (χ1v) is 50.5. The van der Waals surface area contributed by atoms with Crippen LogP contribution in [0.4, 0.5) is 0 Å². The molecule has 0 aliphatic carbocycles. The zero-order chi connectivity index (χ0) is 58.6. The van der Waals surface area contributed by atoms with Crippen LogP contribution in [0.25, 0.3) is 0 Å². The van der Waals surface area contributed by atoms with Gasteiger partial charge in [0.25, 0.3) is 0 Å². The second-order valence-corrected chi connectivity index (χ2v) is 63.9. The third-order valence-electron chi connectivity index (χ3n) is 12.9. The van der Waals surface area contributed by atoms with Crippen molar-refractivity contribution in [1.82, 2.24) is 0 Å². The van der Waals surface area contributed by atoms with Crippen LogP contribution in [0.15, 0.2) is 0 Å². The molecule has 0 aromatic heterocycles. The number of unbranched alkanes of at least 4 members (excludes halogenated alkanes) is 20. The van der Waals surface area contributed by atoms with Crippen molar-refractivity contribution in [3.8, 4) is 0 Å². The van der Waals surface area contributed by atoms with Gasteiger partial charge >= 0.3 is 17.9 Å². The van der Waals surface area contributed by atoms with E-state index in [1.807, 2.05) is 50.9 Å². The Morgan fingerprint density at radius 3 is 1.28 bits per heavy atom. The van der Waals surface area contributed by atoms with E-state index in [-0.39, 0.29) is 61.9 Å². The Morgan fingerprint density at radius 1 is 0.549 bits per heavy atom. The van der Waals surface area contributed by atoms with Gasteiger partial charge in [-0.25, -0.2) is 41.7 Å². The molecule has 0 fully saturated rings. The molecule has 19 heteroatoms. The molecular weight excluding hydrogens is 1080 g/mol. The van der Waals surface area contributed by atoms with E-state index in [9.17, 15) is 33.1 Å². The van der Waals surface area contributed by atoms with Crippen molar-refractivity contribution in [3.63, 3.8) is 0 Å². The molecule has 1 N–H and O–H groups in total. The quantitative estimate of drug-likeness (QED) is 0.0116. The summed E-state index contributed by atoms with van der Waals surface area (Å²) in [5.74, 6) is -1.78. The Bertz CT molecular complexity index is 1760. The minimum atomic E-state index is -3.97. The van der Waals surface area contributed by atoms with Crippen LogP contribution in [0.3, 0.4) is 0 Å². The highest BCUT2D eigenvalue weighted by molar-refractivity contribution is 9.10. The van der Waals surface area contributed by atoms with Gasteiger partial charge in [0.15, 0.2) is 6.10 Å². The van der Waals surface area contributed by atoms with Crippen LogP contribution >= 0.6 is 85.4 Å². The molecule has 0 bridgehead atoms. The fourth-order valence-electron chi connectivity index (χ4n) is 7.96. The molecule has 0 heterocycles. The molecule has 0 aromatic carbocycles. The Kier molecular flexibility index (Phi) is 37.4. The predicted octanol–water partition coefficient (Wildman–Crippen LogP) is 17.0. The maximum Gasteiger partial charge on any atom is 0.306 e. The predicted molar refractivity (Wildman–Crippen MR) is 346 cm³/mol. The summed E-state index contributed by atoms with van der Waals surface area (Å²) >= 11 is 0. The van der Waals surface area contributed by atoms with E-state index < -0.39 is 103 Å². The molecule has 71 heavy (non-hydrogen) atoms. The highest BCUT2D eigenvalue weighted by Crippen LogP contribution is 2.93. The molecule has 0 radical (unpaired) electrons. The average molecular weight is 1210 g/mol. The fraction of sp³-hybridized carbons (Fsp3) is 0.923. The van der Waals surface area contributed by atoms with Gasteiger partial charge in [-0.1, -0.05) is 164 Å². The lowest BCUT2D eigenvalue weighted by atomic mass is 10.1. The first-order chi connectivity index (χ1) is 34.8. The van der Waals surface area contributed by atoms with Gasteiger partial charge in [-0.2, -0.15) is 0 Å². The molecule has 0 spiro atoms. The number of ketones is 1. The van der Waals surface area contributed by atoms with E-state index in [1.54, 1.807) is 6.26 Å². The Hall–Kier alpha value is 1.74. The third-order valence-corrected chi connectivity index (χ3v) is 65.0. The molecule has 0 saturated heterocycles. The van der Waals surface area contributed by atoms with Gasteiger partial charge in [-0.05, 0) is 89.6 Å². The number of esters is 3. The van der Waals surface area contributed by atoms with Crippen LogP contribution < -0.4 is 0 Å². The number of rotatable bonds is 47. The molecule has 0 rings (SSSR count). The highest BCUT2D eigenvalue weighted by Gasteiger charge is 2.37. The zero-order valence-electron chi connectivity index (χ0n) is 52.9. The second kappa shape index (κ2) is 41.7. The summed E-state index contributed by atoms with van der Waals surface area (Å²) in [6.07, 6.45) is 36.6. The Balaban J connectivity index is 5.54. The minimum absolute atomic E-state index is 0.0157. The van der Waals surface area contributed by atoms with Gasteiger partial charge in [0.1, 0.15) is 19.0 Å². The van der Waals surface area contributed by atoms with E-state index in [2.05, 4.69) is 27.2 Å². The first kappa shape index (κ1) is 63.6. The Morgan fingerprint density at radius 2 is 0.887 bits per heavy atom. The SMILES string of the molecule is [3H]S(C)(CP(C)S([3H])(C)CP(C)(=O)O)P(C)CS([3H])(C)P(C)CS([3H])(C)P(C)S([3H])(C)(C)(C)CC(=O)CCC(=O)OC[C@H](COC(=O)CCCCCCCCCCCCC)OC(=O)CCCCCCCCCCCCC. The fourth-order valence-corrected chi connectivity index (χ4v) is 63.3. The summed E-state index contributed by atoms with van der Waals surface area (Å²) in [5, 5.41) is 0. The lowest BCUT2D eigenvalue weighted by Gasteiger charge is -2.59. The van der Waals surface area contributed by atoms with Gasteiger partial charge in [-0.15, -0.1) is 0 Å². The van der Waals surface area contributed by atoms with E-state index in [1.165, 1.54) is 96.6 Å². The topological polar surface area (TPSA) is 133 Å². The molecule has 0 aromatic rings. The van der Waals surface area contributed by atoms with E-state index >= 15 is 0 Å². The largest absolute Gasteiger partial charge is 0.462 e. The molecule has 9 unspecified atom stereocenters. The van der Waals surface area contributed by atoms with Gasteiger partial charge < -0.3 is 19.1 Å². The van der Waals surface area contributed by atoms with Crippen LogP contribution in [-0.2, 0) is 38.0 Å². The number of thiol groups is 5. The molecule has 10 atom stereocenters. The lowest BCUT2D eigenvalue weighted by Crippen LogP contribution is -2.31. The van der Waals surface area contributed by atoms with Crippen molar-refractivity contribution in [2.24, 2.45) is 0 Å². The second-order valence-electron chi connectivity index (χ2n) is 21.3. The van der Waals surface area contributed by atoms with Crippen molar-refractivity contribution in [3.05, 3.63) is 0 Å². The number of carbonyl (C=O) groups is 4. The van der Waals surface area contributed by atoms with Crippen LogP contribution in [0.1, 0.15) is 181 Å². The first-order valence-electron chi connectivity index (χ1n) is 28.9. The van der Waals surface area contributed by atoms with Gasteiger partial charge in [-0.3, -0.25) is 32.4 Å². The van der Waals surface area contributed by atoms with E-state index in [0.717, 1.165) is 44.9 Å². The number of hydrogen-bond donors (Lipinski definition) is 6. The van der Waals surface area contributed by atoms with Gasteiger partial charge in [0, 0.05) is 48.2 Å². The van der Waals surface area contributed by atoms with Crippen molar-refractivity contribution in [1.29, 1.82) is 5.62 Å². The monoisotopic (exact) mass is 1210 g/mol. The Labute approximate surface area is 459 Å². The van der Waals surface area contributed by atoms with Gasteiger partial charge in [0.2, 0.25) is 7.37 Å². The molecule has 0 aliphatic heterocycles. The molecule has 9 nitrogen and oxygen atoms in total. The van der Waals surface area contributed by atoms with Crippen molar-refractivity contribution < 1.29 is 42.8 Å². The zero-order valence-corrected chi connectivity index (χ0v) is 56.5. The number of ether oxygens (including phenoxy) is 3. The number of Topliss-reactive ketones (excluding diaryl/α,β-unsaturated/α-hetero) is 1. The molecule has 0 aliphatic rings. The smallest absolute Gasteiger partial charge is 0.306 e. The highest BCUT2D eigenvalue weighted by atomic mass is 33.2. The lowest BCUT2D eigenvalue weighted by molar-refractivity contribution is -0.167. The average Bonchev–Trinajstić information content (AvgIpc) is 3.28. The molecule has 0 saturated carbocycles. The summed E-state index contributed by atoms with van der Waals surface area (Å²) < 4.78 is 77.0. The molecule has 432 valence electrons. The van der Waals surface area contributed by atoms with Crippen LogP contribution in [-0.4, -0.2) is 158 Å². The number of carbonyl (C=O) groups excluding carboxylic acids is 4. The van der Waals surface area contributed by atoms with Crippen LogP contribution in [0, 0.1) is 0 Å².